The molecule has 144 valence electrons. The van der Waals surface area contributed by atoms with Gasteiger partial charge in [-0.15, -0.1) is 0 Å². The molecule has 0 aliphatic heterocycles. The second kappa shape index (κ2) is 8.36. The van der Waals surface area contributed by atoms with Gasteiger partial charge in [-0.25, -0.2) is 14.2 Å². The number of oxazole rings is 1. The van der Waals surface area contributed by atoms with E-state index in [0.29, 0.717) is 39.7 Å². The van der Waals surface area contributed by atoms with E-state index in [1.807, 2.05) is 6.92 Å². The molecule has 0 amide bonds. The summed E-state index contributed by atoms with van der Waals surface area (Å²) in [5.74, 6) is 0.279. The minimum atomic E-state index is -0.498. The molecule has 0 aliphatic rings. The number of H-pyrrole nitrogens is 1. The molecule has 0 atom stereocenters. The van der Waals surface area contributed by atoms with Crippen LogP contribution in [-0.4, -0.2) is 44.5 Å². The molecule has 0 saturated carbocycles. The van der Waals surface area contributed by atoms with Crippen LogP contribution in [-0.2, 0) is 0 Å². The Bertz CT molecular complexity index is 1230. The van der Waals surface area contributed by atoms with E-state index in [1.165, 1.54) is 0 Å². The summed E-state index contributed by atoms with van der Waals surface area (Å²) >= 11 is 0. The second-order valence-electron chi connectivity index (χ2n) is 6.62. The summed E-state index contributed by atoms with van der Waals surface area (Å²) in [5.41, 5.74) is 4.48. The molecule has 4 aromatic rings. The van der Waals surface area contributed by atoms with Crippen molar-refractivity contribution in [2.45, 2.75) is 20.8 Å². The maximum atomic E-state index is 13.8. The topological polar surface area (TPSA) is 95.8 Å². The fourth-order valence-electron chi connectivity index (χ4n) is 2.94. The minimum absolute atomic E-state index is 0. The van der Waals surface area contributed by atoms with Crippen molar-refractivity contribution in [1.82, 2.24) is 15.0 Å². The van der Waals surface area contributed by atoms with E-state index < -0.39 is 5.76 Å². The number of hydrogen-bond donors (Lipinski definition) is 3. The van der Waals surface area contributed by atoms with E-state index in [9.17, 15) is 9.18 Å². The van der Waals surface area contributed by atoms with Crippen molar-refractivity contribution in [3.05, 3.63) is 69.6 Å². The molecule has 0 saturated heterocycles. The van der Waals surface area contributed by atoms with E-state index in [0.717, 1.165) is 11.3 Å². The fraction of sp³-hybridized carbons (Fsp3) is 0.150. The molecule has 2 aromatic carbocycles. The van der Waals surface area contributed by atoms with Crippen LogP contribution in [0, 0.1) is 26.6 Å². The Kier molecular flexibility index (Phi) is 6.07. The third-order valence-electron chi connectivity index (χ3n) is 4.35. The van der Waals surface area contributed by atoms with Crippen molar-refractivity contribution in [1.29, 1.82) is 0 Å². The molecule has 2 aromatic heterocycles. The van der Waals surface area contributed by atoms with Crippen molar-refractivity contribution in [3.63, 3.8) is 0 Å². The Labute approximate surface area is 188 Å². The average Bonchev–Trinajstić information content (AvgIpc) is 3.02. The van der Waals surface area contributed by atoms with Gasteiger partial charge < -0.3 is 15.1 Å². The number of benzene rings is 2. The normalized spacial score (nSPS) is 10.6. The summed E-state index contributed by atoms with van der Waals surface area (Å²) in [6.07, 6.45) is 1.69. The van der Waals surface area contributed by atoms with E-state index in [4.69, 9.17) is 4.42 Å². The van der Waals surface area contributed by atoms with Crippen LogP contribution in [0.15, 0.2) is 45.7 Å². The second-order valence-corrected chi connectivity index (χ2v) is 6.62. The van der Waals surface area contributed by atoms with Crippen LogP contribution >= 0.6 is 0 Å². The molecule has 0 aliphatic carbocycles. The standard InChI is InChI=1S/C20H18FN5O2.Na.H/c1-10-6-14(7-11(2)17(10)21)24-19-22-9-12(3)18(26-19)23-13-4-5-16-15(8-13)25-20(27)28-16;;/h4-9H,1-3H3,(H,25,27)(H2,22,23,24,26);;. The first-order valence-corrected chi connectivity index (χ1v) is 8.66. The predicted molar refractivity (Wildman–Crippen MR) is 113 cm³/mol. The number of fused-ring (bicyclic) bond motifs is 1. The first-order valence-electron chi connectivity index (χ1n) is 8.66. The Morgan fingerprint density at radius 3 is 2.45 bits per heavy atom. The Morgan fingerprint density at radius 1 is 1.00 bits per heavy atom. The van der Waals surface area contributed by atoms with Gasteiger partial charge in [-0.3, -0.25) is 4.98 Å². The van der Waals surface area contributed by atoms with Crippen LogP contribution in [0.25, 0.3) is 11.1 Å². The van der Waals surface area contributed by atoms with Gasteiger partial charge in [-0.1, -0.05) is 0 Å². The van der Waals surface area contributed by atoms with Crippen molar-refractivity contribution in [2.75, 3.05) is 10.6 Å². The number of hydrogen-bond acceptors (Lipinski definition) is 6. The number of halogens is 1. The Balaban J connectivity index is 0.00000240. The van der Waals surface area contributed by atoms with Gasteiger partial charge in [0, 0.05) is 23.1 Å². The predicted octanol–water partition coefficient (Wildman–Crippen LogP) is 3.81. The molecular formula is C20H19FN5NaO2. The van der Waals surface area contributed by atoms with Gasteiger partial charge in [0.25, 0.3) is 0 Å². The van der Waals surface area contributed by atoms with Crippen molar-refractivity contribution in [3.8, 4) is 0 Å². The van der Waals surface area contributed by atoms with Crippen LogP contribution < -0.4 is 16.4 Å². The number of nitrogens with one attached hydrogen (secondary N) is 3. The quantitative estimate of drug-likeness (QED) is 0.449. The molecule has 0 fully saturated rings. The fourth-order valence-corrected chi connectivity index (χ4v) is 2.94. The summed E-state index contributed by atoms with van der Waals surface area (Å²) in [6.45, 7) is 5.32. The first kappa shape index (κ1) is 21.0. The molecule has 4 rings (SSSR count). The Hall–Kier alpha value is -2.68. The van der Waals surface area contributed by atoms with Crippen LogP contribution in [0.4, 0.5) is 27.5 Å². The van der Waals surface area contributed by atoms with E-state index in [-0.39, 0.29) is 35.4 Å². The first-order chi connectivity index (χ1) is 13.4. The third kappa shape index (κ3) is 4.50. The van der Waals surface area contributed by atoms with E-state index in [1.54, 1.807) is 50.4 Å². The number of rotatable bonds is 4. The molecule has 3 N–H and O–H groups in total. The molecule has 7 nitrogen and oxygen atoms in total. The molecule has 0 bridgehead atoms. The SMILES string of the molecule is Cc1cnc(Nc2cc(C)c(F)c(C)c2)nc1Nc1ccc2oc(=O)[nH]c2c1.[NaH]. The molecule has 2 heterocycles. The third-order valence-corrected chi connectivity index (χ3v) is 4.35. The average molecular weight is 403 g/mol. The molecular weight excluding hydrogens is 384 g/mol. The zero-order chi connectivity index (χ0) is 19.8. The summed E-state index contributed by atoms with van der Waals surface area (Å²) < 4.78 is 18.8. The van der Waals surface area contributed by atoms with Crippen molar-refractivity contribution in [2.24, 2.45) is 0 Å². The zero-order valence-corrected chi connectivity index (χ0v) is 15.6. The molecule has 29 heavy (non-hydrogen) atoms. The number of aromatic amines is 1. The van der Waals surface area contributed by atoms with Gasteiger partial charge in [-0.05, 0) is 62.2 Å². The number of aromatic nitrogens is 3. The monoisotopic (exact) mass is 403 g/mol. The maximum absolute atomic E-state index is 13.8. The van der Waals surface area contributed by atoms with Crippen LogP contribution in [0.1, 0.15) is 16.7 Å². The van der Waals surface area contributed by atoms with E-state index >= 15 is 0 Å². The molecule has 9 heteroatoms. The van der Waals surface area contributed by atoms with Gasteiger partial charge in [0.1, 0.15) is 11.6 Å². The summed E-state index contributed by atoms with van der Waals surface area (Å²) in [6, 6.07) is 8.68. The van der Waals surface area contributed by atoms with Gasteiger partial charge >= 0.3 is 35.3 Å². The summed E-state index contributed by atoms with van der Waals surface area (Å²) in [4.78, 5) is 22.7. The summed E-state index contributed by atoms with van der Waals surface area (Å²) in [5, 5.41) is 6.32. The van der Waals surface area contributed by atoms with Gasteiger partial charge in [0.2, 0.25) is 5.95 Å². The molecule has 0 unspecified atom stereocenters. The number of aryl methyl sites for hydroxylation is 3. The Morgan fingerprint density at radius 2 is 1.72 bits per heavy atom. The molecule has 0 spiro atoms. The summed E-state index contributed by atoms with van der Waals surface area (Å²) in [7, 11) is 0. The van der Waals surface area contributed by atoms with Crippen LogP contribution in [0.2, 0.25) is 0 Å². The van der Waals surface area contributed by atoms with Crippen molar-refractivity contribution >= 4 is 63.8 Å². The van der Waals surface area contributed by atoms with Crippen LogP contribution in [0.3, 0.4) is 0 Å². The van der Waals surface area contributed by atoms with Crippen molar-refractivity contribution < 1.29 is 8.81 Å². The zero-order valence-electron chi connectivity index (χ0n) is 15.6. The van der Waals surface area contributed by atoms with Crippen LogP contribution in [0.5, 0.6) is 0 Å². The van der Waals surface area contributed by atoms with Gasteiger partial charge in [0.15, 0.2) is 5.58 Å². The number of anilines is 4. The van der Waals surface area contributed by atoms with E-state index in [2.05, 4.69) is 25.6 Å². The molecule has 0 radical (unpaired) electrons. The van der Waals surface area contributed by atoms with Gasteiger partial charge in [0.05, 0.1) is 5.52 Å². The number of nitrogens with zero attached hydrogens (tertiary/aromatic N) is 2. The van der Waals surface area contributed by atoms with Gasteiger partial charge in [-0.2, -0.15) is 4.98 Å².